The maximum absolute atomic E-state index is 11.9. The lowest BCUT2D eigenvalue weighted by Crippen LogP contribution is -2.40. The SMILES string of the molecule is CCOC(=O)C(CCOCC1CCCCC1)NC1CC1. The second-order valence-corrected chi connectivity index (χ2v) is 6.11. The maximum atomic E-state index is 11.9. The molecule has 0 saturated heterocycles. The molecule has 0 aromatic heterocycles. The van der Waals surface area contributed by atoms with Crippen molar-refractivity contribution in [3.05, 3.63) is 0 Å². The highest BCUT2D eigenvalue weighted by Gasteiger charge is 2.29. The molecule has 0 heterocycles. The van der Waals surface area contributed by atoms with Crippen molar-refractivity contribution >= 4 is 5.97 Å². The van der Waals surface area contributed by atoms with Crippen LogP contribution in [0, 0.1) is 5.92 Å². The molecule has 0 bridgehead atoms. The predicted molar refractivity (Wildman–Crippen MR) is 78.6 cm³/mol. The van der Waals surface area contributed by atoms with Crippen LogP contribution in [0.15, 0.2) is 0 Å². The number of carbonyl (C=O) groups excluding carboxylic acids is 1. The topological polar surface area (TPSA) is 47.6 Å². The molecule has 2 aliphatic rings. The molecular formula is C16H29NO3. The third kappa shape index (κ3) is 5.80. The molecule has 0 aromatic carbocycles. The van der Waals surface area contributed by atoms with Gasteiger partial charge in [-0.3, -0.25) is 4.79 Å². The van der Waals surface area contributed by atoms with E-state index < -0.39 is 0 Å². The first kappa shape index (κ1) is 15.8. The summed E-state index contributed by atoms with van der Waals surface area (Å²) in [4.78, 5) is 11.9. The van der Waals surface area contributed by atoms with Gasteiger partial charge in [0.2, 0.25) is 0 Å². The van der Waals surface area contributed by atoms with Gasteiger partial charge in [-0.25, -0.2) is 0 Å². The van der Waals surface area contributed by atoms with Gasteiger partial charge >= 0.3 is 5.97 Å². The van der Waals surface area contributed by atoms with E-state index in [1.165, 1.54) is 44.9 Å². The molecule has 2 fully saturated rings. The number of hydrogen-bond donors (Lipinski definition) is 1. The Morgan fingerprint density at radius 2 is 1.95 bits per heavy atom. The number of nitrogens with one attached hydrogen (secondary N) is 1. The molecule has 2 saturated carbocycles. The molecule has 1 unspecified atom stereocenters. The van der Waals surface area contributed by atoms with E-state index in [0.717, 1.165) is 18.9 Å². The fourth-order valence-electron chi connectivity index (χ4n) is 2.85. The number of hydrogen-bond acceptors (Lipinski definition) is 4. The Balaban J connectivity index is 1.61. The van der Waals surface area contributed by atoms with Gasteiger partial charge in [-0.15, -0.1) is 0 Å². The normalized spacial score (nSPS) is 21.6. The smallest absolute Gasteiger partial charge is 0.323 e. The van der Waals surface area contributed by atoms with Crippen molar-refractivity contribution < 1.29 is 14.3 Å². The quantitative estimate of drug-likeness (QED) is 0.522. The Morgan fingerprint density at radius 3 is 2.60 bits per heavy atom. The van der Waals surface area contributed by atoms with Gasteiger partial charge in [-0.1, -0.05) is 19.3 Å². The zero-order valence-electron chi connectivity index (χ0n) is 12.7. The third-order valence-electron chi connectivity index (χ3n) is 4.21. The number of esters is 1. The summed E-state index contributed by atoms with van der Waals surface area (Å²) in [5.41, 5.74) is 0. The van der Waals surface area contributed by atoms with Crippen molar-refractivity contribution in [2.75, 3.05) is 19.8 Å². The van der Waals surface area contributed by atoms with Crippen molar-refractivity contribution in [1.29, 1.82) is 0 Å². The molecule has 0 spiro atoms. The minimum absolute atomic E-state index is 0.124. The second kappa shape index (κ2) is 8.63. The van der Waals surface area contributed by atoms with Gasteiger partial charge in [0.25, 0.3) is 0 Å². The minimum Gasteiger partial charge on any atom is -0.465 e. The summed E-state index contributed by atoms with van der Waals surface area (Å²) in [5.74, 6) is 0.613. The molecular weight excluding hydrogens is 254 g/mol. The summed E-state index contributed by atoms with van der Waals surface area (Å²) >= 11 is 0. The van der Waals surface area contributed by atoms with Crippen LogP contribution in [-0.2, 0) is 14.3 Å². The van der Waals surface area contributed by atoms with Crippen LogP contribution >= 0.6 is 0 Å². The van der Waals surface area contributed by atoms with Crippen molar-refractivity contribution in [2.45, 2.75) is 70.4 Å². The molecule has 0 radical (unpaired) electrons. The molecule has 116 valence electrons. The Bertz CT molecular complexity index is 285. The molecule has 2 aliphatic carbocycles. The Hall–Kier alpha value is -0.610. The van der Waals surface area contributed by atoms with Crippen LogP contribution in [-0.4, -0.2) is 37.9 Å². The minimum atomic E-state index is -0.186. The summed E-state index contributed by atoms with van der Waals surface area (Å²) < 4.78 is 10.9. The van der Waals surface area contributed by atoms with Gasteiger partial charge in [0.15, 0.2) is 0 Å². The average Bonchev–Trinajstić information content (AvgIpc) is 3.27. The zero-order valence-corrected chi connectivity index (χ0v) is 12.7. The van der Waals surface area contributed by atoms with Crippen molar-refractivity contribution in [1.82, 2.24) is 5.32 Å². The van der Waals surface area contributed by atoms with E-state index in [9.17, 15) is 4.79 Å². The molecule has 20 heavy (non-hydrogen) atoms. The summed E-state index contributed by atoms with van der Waals surface area (Å²) in [6.45, 7) is 3.81. The van der Waals surface area contributed by atoms with Gasteiger partial charge < -0.3 is 14.8 Å². The molecule has 0 aliphatic heterocycles. The van der Waals surface area contributed by atoms with Gasteiger partial charge in [0.05, 0.1) is 6.61 Å². The van der Waals surface area contributed by atoms with E-state index in [0.29, 0.717) is 19.3 Å². The Labute approximate surface area is 122 Å². The van der Waals surface area contributed by atoms with Crippen LogP contribution in [0.25, 0.3) is 0 Å². The molecule has 0 amide bonds. The maximum Gasteiger partial charge on any atom is 0.323 e. The lowest BCUT2D eigenvalue weighted by molar-refractivity contribution is -0.146. The first-order chi connectivity index (χ1) is 9.79. The molecule has 2 rings (SSSR count). The van der Waals surface area contributed by atoms with Gasteiger partial charge in [-0.2, -0.15) is 0 Å². The van der Waals surface area contributed by atoms with E-state index in [2.05, 4.69) is 5.32 Å². The van der Waals surface area contributed by atoms with Crippen LogP contribution < -0.4 is 5.32 Å². The van der Waals surface area contributed by atoms with Crippen LogP contribution in [0.4, 0.5) is 0 Å². The molecule has 1 N–H and O–H groups in total. The fraction of sp³-hybridized carbons (Fsp3) is 0.938. The van der Waals surface area contributed by atoms with E-state index >= 15 is 0 Å². The number of carbonyl (C=O) groups is 1. The van der Waals surface area contributed by atoms with Crippen molar-refractivity contribution in [3.8, 4) is 0 Å². The summed E-state index contributed by atoms with van der Waals surface area (Å²) in [6.07, 6.45) is 9.78. The number of ether oxygens (including phenoxy) is 2. The lowest BCUT2D eigenvalue weighted by Gasteiger charge is -2.22. The Kier molecular flexibility index (Phi) is 6.80. The molecule has 0 aromatic rings. The van der Waals surface area contributed by atoms with Crippen LogP contribution in [0.1, 0.15) is 58.3 Å². The van der Waals surface area contributed by atoms with Crippen LogP contribution in [0.2, 0.25) is 0 Å². The molecule has 1 atom stereocenters. The largest absolute Gasteiger partial charge is 0.465 e. The van der Waals surface area contributed by atoms with Crippen molar-refractivity contribution in [3.63, 3.8) is 0 Å². The third-order valence-corrected chi connectivity index (χ3v) is 4.21. The van der Waals surface area contributed by atoms with E-state index in [-0.39, 0.29) is 12.0 Å². The highest BCUT2D eigenvalue weighted by molar-refractivity contribution is 5.75. The highest BCUT2D eigenvalue weighted by atomic mass is 16.5. The van der Waals surface area contributed by atoms with Crippen molar-refractivity contribution in [2.24, 2.45) is 5.92 Å². The van der Waals surface area contributed by atoms with Gasteiger partial charge in [0, 0.05) is 19.3 Å². The van der Waals surface area contributed by atoms with Crippen LogP contribution in [0.5, 0.6) is 0 Å². The monoisotopic (exact) mass is 283 g/mol. The first-order valence-corrected chi connectivity index (χ1v) is 8.30. The van der Waals surface area contributed by atoms with E-state index in [4.69, 9.17) is 9.47 Å². The lowest BCUT2D eigenvalue weighted by atomic mass is 9.90. The van der Waals surface area contributed by atoms with Gasteiger partial charge in [-0.05, 0) is 44.9 Å². The average molecular weight is 283 g/mol. The fourth-order valence-corrected chi connectivity index (χ4v) is 2.85. The predicted octanol–water partition coefficient (Wildman–Crippen LogP) is 2.66. The summed E-state index contributed by atoms with van der Waals surface area (Å²) in [7, 11) is 0. The zero-order chi connectivity index (χ0) is 14.2. The summed E-state index contributed by atoms with van der Waals surface area (Å²) in [6, 6.07) is 0.330. The standard InChI is InChI=1S/C16H29NO3/c1-2-20-16(18)15(17-14-8-9-14)10-11-19-12-13-6-4-3-5-7-13/h13-15,17H,2-12H2,1H3. The first-order valence-electron chi connectivity index (χ1n) is 8.30. The van der Waals surface area contributed by atoms with Crippen LogP contribution in [0.3, 0.4) is 0 Å². The second-order valence-electron chi connectivity index (χ2n) is 6.11. The highest BCUT2D eigenvalue weighted by Crippen LogP contribution is 2.24. The number of rotatable bonds is 9. The van der Waals surface area contributed by atoms with Gasteiger partial charge in [0.1, 0.15) is 6.04 Å². The van der Waals surface area contributed by atoms with E-state index in [1.54, 1.807) is 0 Å². The molecule has 4 nitrogen and oxygen atoms in total. The Morgan fingerprint density at radius 1 is 1.20 bits per heavy atom. The summed E-state index contributed by atoms with van der Waals surface area (Å²) in [5, 5.41) is 3.36. The van der Waals surface area contributed by atoms with E-state index in [1.807, 2.05) is 6.92 Å². The molecule has 4 heteroatoms.